The zero-order valence-electron chi connectivity index (χ0n) is 15.8. The molecular weight excluding hydrogens is 374 g/mol. The summed E-state index contributed by atoms with van der Waals surface area (Å²) in [6, 6.07) is 7.57. The molecule has 144 valence electrons. The Balaban J connectivity index is 1.44. The molecule has 7 nitrogen and oxygen atoms in total. The van der Waals surface area contributed by atoms with Crippen LogP contribution in [0.1, 0.15) is 34.5 Å². The molecule has 0 aliphatic carbocycles. The fourth-order valence-corrected chi connectivity index (χ4v) is 3.79. The van der Waals surface area contributed by atoms with Gasteiger partial charge in [0.25, 0.3) is 5.91 Å². The van der Waals surface area contributed by atoms with Crippen LogP contribution in [0.4, 0.5) is 10.8 Å². The Bertz CT molecular complexity index is 987. The Labute approximate surface area is 167 Å². The number of rotatable bonds is 5. The van der Waals surface area contributed by atoms with Gasteiger partial charge in [-0.25, -0.2) is 15.0 Å². The largest absolute Gasteiger partial charge is 0.497 e. The van der Waals surface area contributed by atoms with Crippen LogP contribution in [0, 0.1) is 0 Å². The smallest absolute Gasteiger partial charge is 0.273 e. The van der Waals surface area contributed by atoms with Gasteiger partial charge in [-0.3, -0.25) is 4.79 Å². The molecule has 28 heavy (non-hydrogen) atoms. The van der Waals surface area contributed by atoms with Gasteiger partial charge in [0, 0.05) is 48.8 Å². The van der Waals surface area contributed by atoms with Crippen molar-refractivity contribution in [1.82, 2.24) is 19.9 Å². The third-order valence-electron chi connectivity index (χ3n) is 4.65. The molecule has 0 atom stereocenters. The number of hydrogen-bond acceptors (Lipinski definition) is 7. The van der Waals surface area contributed by atoms with Crippen LogP contribution in [0.25, 0.3) is 0 Å². The van der Waals surface area contributed by atoms with Gasteiger partial charge in [-0.15, -0.1) is 11.3 Å². The van der Waals surface area contributed by atoms with Crippen molar-refractivity contribution in [2.75, 3.05) is 19.0 Å². The molecule has 0 saturated carbocycles. The standard InChI is InChI=1S/C20H21N5O2S/c1-3-18-21-10-13-11-25(9-8-16(13)23-18)19(26)17-12-28-20(24-17)22-14-4-6-15(27-2)7-5-14/h4-7,10,12H,3,8-9,11H2,1-2H3,(H,22,24). The second kappa shape index (κ2) is 7.93. The molecule has 1 aromatic carbocycles. The Morgan fingerprint density at radius 3 is 2.86 bits per heavy atom. The van der Waals surface area contributed by atoms with E-state index in [4.69, 9.17) is 4.74 Å². The van der Waals surface area contributed by atoms with Crippen LogP contribution in [-0.2, 0) is 19.4 Å². The first kappa shape index (κ1) is 18.4. The number of benzene rings is 1. The fraction of sp³-hybridized carbons (Fsp3) is 0.300. The molecule has 0 bridgehead atoms. The monoisotopic (exact) mass is 395 g/mol. The Morgan fingerprint density at radius 2 is 2.11 bits per heavy atom. The summed E-state index contributed by atoms with van der Waals surface area (Å²) in [4.78, 5) is 28.1. The maximum Gasteiger partial charge on any atom is 0.273 e. The number of aryl methyl sites for hydroxylation is 1. The van der Waals surface area contributed by atoms with Gasteiger partial charge >= 0.3 is 0 Å². The topological polar surface area (TPSA) is 80.2 Å². The SMILES string of the molecule is CCc1ncc2c(n1)CCN(C(=O)c1csc(Nc3ccc(OC)cc3)n1)C2. The first-order chi connectivity index (χ1) is 13.7. The number of aromatic nitrogens is 3. The number of nitrogens with one attached hydrogen (secondary N) is 1. The number of nitrogens with zero attached hydrogens (tertiary/aromatic N) is 4. The highest BCUT2D eigenvalue weighted by Crippen LogP contribution is 2.25. The van der Waals surface area contributed by atoms with Crippen LogP contribution in [0.5, 0.6) is 5.75 Å². The van der Waals surface area contributed by atoms with Gasteiger partial charge in [-0.05, 0) is 24.3 Å². The van der Waals surface area contributed by atoms with Crippen LogP contribution in [0.15, 0.2) is 35.8 Å². The Morgan fingerprint density at radius 1 is 1.29 bits per heavy atom. The molecule has 8 heteroatoms. The van der Waals surface area contributed by atoms with Crippen LogP contribution in [0.3, 0.4) is 0 Å². The van der Waals surface area contributed by atoms with Crippen LogP contribution in [-0.4, -0.2) is 39.4 Å². The van der Waals surface area contributed by atoms with Gasteiger partial charge in [0.1, 0.15) is 17.3 Å². The van der Waals surface area contributed by atoms with Crippen molar-refractivity contribution >= 4 is 28.1 Å². The molecule has 3 heterocycles. The maximum atomic E-state index is 12.9. The number of fused-ring (bicyclic) bond motifs is 1. The Hall–Kier alpha value is -3.00. The Kier molecular flexibility index (Phi) is 5.21. The number of ether oxygens (including phenoxy) is 1. The van der Waals surface area contributed by atoms with E-state index in [-0.39, 0.29) is 5.91 Å². The fourth-order valence-electron chi connectivity index (χ4n) is 3.09. The molecule has 0 saturated heterocycles. The van der Waals surface area contributed by atoms with Crippen molar-refractivity contribution in [2.45, 2.75) is 26.3 Å². The van der Waals surface area contributed by atoms with E-state index >= 15 is 0 Å². The van der Waals surface area contributed by atoms with Crippen LogP contribution in [0.2, 0.25) is 0 Å². The molecule has 1 N–H and O–H groups in total. The number of hydrogen-bond donors (Lipinski definition) is 1. The summed E-state index contributed by atoms with van der Waals surface area (Å²) in [6.45, 7) is 3.21. The third kappa shape index (κ3) is 3.82. The van der Waals surface area contributed by atoms with Crippen molar-refractivity contribution in [3.05, 3.63) is 58.6 Å². The lowest BCUT2D eigenvalue weighted by molar-refractivity contribution is 0.0728. The van der Waals surface area contributed by atoms with Crippen LogP contribution >= 0.6 is 11.3 Å². The number of carbonyl (C=O) groups excluding carboxylic acids is 1. The normalized spacial score (nSPS) is 13.1. The average molecular weight is 395 g/mol. The van der Waals surface area contributed by atoms with Crippen LogP contribution < -0.4 is 10.1 Å². The minimum absolute atomic E-state index is 0.0655. The zero-order chi connectivity index (χ0) is 19.5. The number of anilines is 2. The quantitative estimate of drug-likeness (QED) is 0.713. The summed E-state index contributed by atoms with van der Waals surface area (Å²) < 4.78 is 5.16. The van der Waals surface area contributed by atoms with Gasteiger partial charge < -0.3 is 15.0 Å². The van der Waals surface area contributed by atoms with E-state index < -0.39 is 0 Å². The first-order valence-corrected chi connectivity index (χ1v) is 10.0. The molecule has 3 aromatic rings. The predicted octanol–water partition coefficient (Wildman–Crippen LogP) is 3.45. The summed E-state index contributed by atoms with van der Waals surface area (Å²) >= 11 is 1.41. The highest BCUT2D eigenvalue weighted by molar-refractivity contribution is 7.14. The van der Waals surface area contributed by atoms with Gasteiger partial charge in [0.15, 0.2) is 5.13 Å². The van der Waals surface area contributed by atoms with Gasteiger partial charge in [0.05, 0.1) is 12.8 Å². The second-order valence-electron chi connectivity index (χ2n) is 6.48. The van der Waals surface area contributed by atoms with Gasteiger partial charge in [-0.2, -0.15) is 0 Å². The summed E-state index contributed by atoms with van der Waals surface area (Å²) in [5.41, 5.74) is 3.42. The van der Waals surface area contributed by atoms with E-state index in [1.807, 2.05) is 42.3 Å². The summed E-state index contributed by atoms with van der Waals surface area (Å²) in [5, 5.41) is 5.70. The van der Waals surface area contributed by atoms with E-state index in [9.17, 15) is 4.79 Å². The van der Waals surface area contributed by atoms with Gasteiger partial charge in [-0.1, -0.05) is 6.92 Å². The zero-order valence-corrected chi connectivity index (χ0v) is 16.6. The predicted molar refractivity (Wildman–Crippen MR) is 108 cm³/mol. The lowest BCUT2D eigenvalue weighted by Gasteiger charge is -2.27. The summed E-state index contributed by atoms with van der Waals surface area (Å²) in [7, 11) is 1.63. The molecule has 1 amide bonds. The average Bonchev–Trinajstić information content (AvgIpc) is 3.21. The molecule has 0 spiro atoms. The molecule has 0 fully saturated rings. The van der Waals surface area contributed by atoms with Crippen molar-refractivity contribution in [3.63, 3.8) is 0 Å². The number of thiazole rings is 1. The summed E-state index contributed by atoms with van der Waals surface area (Å²) in [6.07, 6.45) is 3.41. The van der Waals surface area contributed by atoms with E-state index in [1.54, 1.807) is 12.5 Å². The minimum Gasteiger partial charge on any atom is -0.497 e. The number of amides is 1. The highest BCUT2D eigenvalue weighted by Gasteiger charge is 2.24. The molecule has 4 rings (SSSR count). The van der Waals surface area contributed by atoms with E-state index in [1.165, 1.54) is 11.3 Å². The maximum absolute atomic E-state index is 12.9. The molecule has 1 aliphatic heterocycles. The van der Waals surface area contributed by atoms with Crippen molar-refractivity contribution < 1.29 is 9.53 Å². The first-order valence-electron chi connectivity index (χ1n) is 9.16. The molecule has 0 unspecified atom stereocenters. The third-order valence-corrected chi connectivity index (χ3v) is 5.41. The molecular formula is C20H21N5O2S. The number of methoxy groups -OCH3 is 1. The highest BCUT2D eigenvalue weighted by atomic mass is 32.1. The lowest BCUT2D eigenvalue weighted by atomic mass is 10.1. The van der Waals surface area contributed by atoms with Gasteiger partial charge in [0.2, 0.25) is 0 Å². The van der Waals surface area contributed by atoms with E-state index in [0.29, 0.717) is 23.9 Å². The van der Waals surface area contributed by atoms with E-state index in [0.717, 1.165) is 41.4 Å². The van der Waals surface area contributed by atoms with Crippen molar-refractivity contribution in [3.8, 4) is 5.75 Å². The van der Waals surface area contributed by atoms with Crippen molar-refractivity contribution in [2.24, 2.45) is 0 Å². The second-order valence-corrected chi connectivity index (χ2v) is 7.34. The lowest BCUT2D eigenvalue weighted by Crippen LogP contribution is -2.36. The molecule has 1 aliphatic rings. The van der Waals surface area contributed by atoms with E-state index in [2.05, 4.69) is 20.3 Å². The molecule has 0 radical (unpaired) electrons. The van der Waals surface area contributed by atoms with Crippen molar-refractivity contribution in [1.29, 1.82) is 0 Å². The minimum atomic E-state index is -0.0655. The summed E-state index contributed by atoms with van der Waals surface area (Å²) in [5.74, 6) is 1.58. The molecule has 2 aromatic heterocycles. The number of carbonyl (C=O) groups is 1.